The maximum Gasteiger partial charge on any atom is 0.500 e. The Morgan fingerprint density at radius 2 is 1.50 bits per heavy atom. The zero-order chi connectivity index (χ0) is 20.6. The Labute approximate surface area is 168 Å². The lowest BCUT2D eigenvalue weighted by Gasteiger charge is -2.28. The third-order valence-electron chi connectivity index (χ3n) is 4.26. The number of rotatable bonds is 12. The van der Waals surface area contributed by atoms with E-state index in [-0.39, 0.29) is 4.90 Å². The molecule has 2 aromatic carbocycles. The molecule has 28 heavy (non-hydrogen) atoms. The third kappa shape index (κ3) is 5.76. The minimum atomic E-state index is -3.78. The fourth-order valence-electron chi connectivity index (χ4n) is 3.20. The van der Waals surface area contributed by atoms with Crippen LogP contribution in [0, 0.1) is 0 Å². The lowest BCUT2D eigenvalue weighted by molar-refractivity contribution is 0.0710. The zero-order valence-electron chi connectivity index (χ0n) is 16.7. The van der Waals surface area contributed by atoms with Crippen molar-refractivity contribution in [1.29, 1.82) is 0 Å². The fraction of sp³-hybridized carbons (Fsp3) is 0.474. The molecule has 0 saturated carbocycles. The van der Waals surface area contributed by atoms with Crippen molar-refractivity contribution >= 4 is 35.3 Å². The molecule has 0 radical (unpaired) electrons. The normalized spacial score (nSPS) is 12.4. The first-order valence-corrected chi connectivity index (χ1v) is 13.0. The van der Waals surface area contributed by atoms with Gasteiger partial charge in [-0.15, -0.1) is 0 Å². The summed E-state index contributed by atoms with van der Waals surface area (Å²) in [5.74, 6) is 0. The maximum absolute atomic E-state index is 11.8. The summed E-state index contributed by atoms with van der Waals surface area (Å²) in [5, 5.41) is 10.2. The van der Waals surface area contributed by atoms with Gasteiger partial charge in [-0.25, -0.2) is 13.6 Å². The van der Waals surface area contributed by atoms with E-state index in [9.17, 15) is 8.42 Å². The van der Waals surface area contributed by atoms with Crippen LogP contribution in [0.3, 0.4) is 0 Å². The highest BCUT2D eigenvalue weighted by molar-refractivity contribution is 7.89. The highest BCUT2D eigenvalue weighted by Crippen LogP contribution is 2.29. The van der Waals surface area contributed by atoms with E-state index in [0.717, 1.165) is 17.5 Å². The molecule has 0 aliphatic heterocycles. The van der Waals surface area contributed by atoms with Crippen molar-refractivity contribution in [2.24, 2.45) is 5.14 Å². The van der Waals surface area contributed by atoms with E-state index in [1.165, 1.54) is 0 Å². The number of nitrogens with one attached hydrogen (secondary N) is 1. The van der Waals surface area contributed by atoms with Gasteiger partial charge < -0.3 is 18.6 Å². The second-order valence-electron chi connectivity index (χ2n) is 6.21. The van der Waals surface area contributed by atoms with Crippen LogP contribution < -0.4 is 10.5 Å². The number of primary sulfonamides is 1. The highest BCUT2D eigenvalue weighted by Gasteiger charge is 2.39. The van der Waals surface area contributed by atoms with Crippen LogP contribution in [0.4, 0.5) is 5.69 Å². The topological polar surface area (TPSA) is 99.9 Å². The first-order valence-electron chi connectivity index (χ1n) is 9.57. The van der Waals surface area contributed by atoms with Crippen LogP contribution in [0.15, 0.2) is 41.3 Å². The van der Waals surface area contributed by atoms with Gasteiger partial charge >= 0.3 is 8.80 Å². The van der Waals surface area contributed by atoms with E-state index in [4.69, 9.17) is 18.4 Å². The number of hydrogen-bond donors (Lipinski definition) is 2. The molecule has 0 aliphatic carbocycles. The molecule has 156 valence electrons. The Morgan fingerprint density at radius 1 is 0.929 bits per heavy atom. The molecule has 0 amide bonds. The van der Waals surface area contributed by atoms with E-state index in [1.807, 2.05) is 32.9 Å². The van der Waals surface area contributed by atoms with Gasteiger partial charge in [-0.3, -0.25) is 0 Å². The zero-order valence-corrected chi connectivity index (χ0v) is 18.6. The second kappa shape index (κ2) is 10.3. The Kier molecular flexibility index (Phi) is 8.41. The number of sulfonamides is 1. The van der Waals surface area contributed by atoms with Crippen molar-refractivity contribution in [2.75, 3.05) is 31.7 Å². The largest absolute Gasteiger partial charge is 0.500 e. The summed E-state index contributed by atoms with van der Waals surface area (Å²) in [6, 6.07) is 11.3. The summed E-state index contributed by atoms with van der Waals surface area (Å²) >= 11 is 0. The van der Waals surface area contributed by atoms with Gasteiger partial charge in [0.15, 0.2) is 0 Å². The Balaban J connectivity index is 2.12. The Hall–Kier alpha value is -1.49. The van der Waals surface area contributed by atoms with E-state index in [0.29, 0.717) is 37.8 Å². The molecule has 7 nitrogen and oxygen atoms in total. The highest BCUT2D eigenvalue weighted by atomic mass is 32.2. The smallest absolute Gasteiger partial charge is 0.385 e. The predicted octanol–water partition coefficient (Wildman–Crippen LogP) is 3.34. The Morgan fingerprint density at radius 3 is 2.04 bits per heavy atom. The predicted molar refractivity (Wildman–Crippen MR) is 114 cm³/mol. The van der Waals surface area contributed by atoms with E-state index in [1.54, 1.807) is 24.3 Å². The molecule has 0 aromatic heterocycles. The molecule has 3 N–H and O–H groups in total. The van der Waals surface area contributed by atoms with Crippen molar-refractivity contribution in [2.45, 2.75) is 38.1 Å². The Bertz CT molecular complexity index is 859. The van der Waals surface area contributed by atoms with Crippen molar-refractivity contribution in [3.8, 4) is 0 Å². The molecule has 0 aliphatic rings. The van der Waals surface area contributed by atoms with Crippen LogP contribution in [-0.2, 0) is 23.3 Å². The first kappa shape index (κ1) is 22.8. The molecular formula is C19H30N2O5SSi. The van der Waals surface area contributed by atoms with E-state index in [2.05, 4.69) is 5.32 Å². The van der Waals surface area contributed by atoms with Crippen molar-refractivity contribution in [1.82, 2.24) is 0 Å². The molecule has 2 aromatic rings. The summed E-state index contributed by atoms with van der Waals surface area (Å²) in [6.07, 6.45) is 0.803. The van der Waals surface area contributed by atoms with Crippen LogP contribution in [-0.4, -0.2) is 43.6 Å². The minimum Gasteiger partial charge on any atom is -0.385 e. The monoisotopic (exact) mass is 426 g/mol. The standard InChI is InChI=1S/C19H30N2O5SSi/c1-4-24-28(25-5-2,26-6-3)15-9-14-21-18-12-13-19(27(20,22)23)17-11-8-7-10-16(17)18/h7-8,10-13,21H,4-6,9,14-15H2,1-3H3,(H2,20,22,23). The van der Waals surface area contributed by atoms with Gasteiger partial charge in [-0.1, -0.05) is 24.3 Å². The fourth-order valence-corrected chi connectivity index (χ4v) is 6.56. The van der Waals surface area contributed by atoms with E-state index < -0.39 is 18.8 Å². The lowest BCUT2D eigenvalue weighted by Crippen LogP contribution is -2.46. The molecule has 0 bridgehead atoms. The summed E-state index contributed by atoms with van der Waals surface area (Å²) < 4.78 is 41.3. The van der Waals surface area contributed by atoms with Crippen LogP contribution >= 0.6 is 0 Å². The third-order valence-corrected chi connectivity index (χ3v) is 8.38. The summed E-state index contributed by atoms with van der Waals surface area (Å²) in [7, 11) is -6.44. The van der Waals surface area contributed by atoms with Gasteiger partial charge in [0.1, 0.15) is 0 Å². The van der Waals surface area contributed by atoms with Crippen molar-refractivity contribution in [3.05, 3.63) is 36.4 Å². The minimum absolute atomic E-state index is 0.129. The van der Waals surface area contributed by atoms with Gasteiger partial charge in [-0.05, 0) is 39.3 Å². The van der Waals surface area contributed by atoms with E-state index >= 15 is 0 Å². The van der Waals surface area contributed by atoms with Crippen molar-refractivity contribution < 1.29 is 21.7 Å². The van der Waals surface area contributed by atoms with Gasteiger partial charge in [0.2, 0.25) is 10.0 Å². The number of hydrogen-bond acceptors (Lipinski definition) is 6. The average molecular weight is 427 g/mol. The van der Waals surface area contributed by atoms with Crippen LogP contribution in [0.1, 0.15) is 27.2 Å². The number of nitrogens with two attached hydrogens (primary N) is 1. The molecule has 0 spiro atoms. The summed E-state index contributed by atoms with van der Waals surface area (Å²) in [4.78, 5) is 0.129. The van der Waals surface area contributed by atoms with Crippen LogP contribution in [0.2, 0.25) is 6.04 Å². The lowest BCUT2D eigenvalue weighted by atomic mass is 10.1. The average Bonchev–Trinajstić information content (AvgIpc) is 2.65. The van der Waals surface area contributed by atoms with Crippen LogP contribution in [0.5, 0.6) is 0 Å². The van der Waals surface area contributed by atoms with Gasteiger partial charge in [0, 0.05) is 48.9 Å². The molecule has 0 heterocycles. The molecular weight excluding hydrogens is 396 g/mol. The number of benzene rings is 2. The molecule has 9 heteroatoms. The maximum atomic E-state index is 11.8. The quantitative estimate of drug-likeness (QED) is 0.399. The summed E-state index contributed by atoms with van der Waals surface area (Å²) in [6.45, 7) is 8.17. The number of anilines is 1. The van der Waals surface area contributed by atoms with Gasteiger partial charge in [0.25, 0.3) is 0 Å². The first-order chi connectivity index (χ1) is 13.4. The van der Waals surface area contributed by atoms with Crippen molar-refractivity contribution in [3.63, 3.8) is 0 Å². The molecule has 0 unspecified atom stereocenters. The molecule has 2 rings (SSSR count). The van der Waals surface area contributed by atoms with Gasteiger partial charge in [-0.2, -0.15) is 0 Å². The summed E-state index contributed by atoms with van der Waals surface area (Å²) in [5.41, 5.74) is 0.861. The van der Waals surface area contributed by atoms with Crippen LogP contribution in [0.25, 0.3) is 10.8 Å². The molecule has 0 saturated heterocycles. The number of fused-ring (bicyclic) bond motifs is 1. The SMILES string of the molecule is CCO[Si](CCCNc1ccc(S(N)(=O)=O)c2ccccc12)(OCC)OCC. The molecule has 0 fully saturated rings. The van der Waals surface area contributed by atoms with Gasteiger partial charge in [0.05, 0.1) is 4.90 Å². The second-order valence-corrected chi connectivity index (χ2v) is 10.5. The molecule has 0 atom stereocenters.